The summed E-state index contributed by atoms with van der Waals surface area (Å²) >= 11 is 0. The standard InChI is InChI=1S/C45H66F4N8O10S2/c1-8-18-55(40-24-54(68(6,62)63)22-29(40)25-66-31-13-15-33(46)35(48)20-31)44(60)37(52-42(58)27(2)50-4)11-9-10-12-38(53-43(59)28(3)51-5)45(61)56-19-17-39-41(56)30(23-57(39)69(7,64)65)26-67-32-14-16-34(47)36(49)21-32/h13-16,20-21,27-30,37-41,50-51H,8-12,17-19,22-26H2,1-7H3,(H,52,58)(H,53,59). The first-order chi connectivity index (χ1) is 32.5. The third-order valence-electron chi connectivity index (χ3n) is 13.2. The highest BCUT2D eigenvalue weighted by Crippen LogP contribution is 2.38. The van der Waals surface area contributed by atoms with Crippen molar-refractivity contribution >= 4 is 43.7 Å². The molecule has 0 saturated carbocycles. The Morgan fingerprint density at radius 1 is 0.739 bits per heavy atom. The predicted molar refractivity (Wildman–Crippen MR) is 248 cm³/mol. The van der Waals surface area contributed by atoms with Crippen LogP contribution in [0.2, 0.25) is 0 Å². The summed E-state index contributed by atoms with van der Waals surface area (Å²) in [5, 5.41) is 11.4. The molecule has 0 bridgehead atoms. The number of likely N-dealkylation sites (tertiary alicyclic amines) is 1. The highest BCUT2D eigenvalue weighted by atomic mass is 32.2. The van der Waals surface area contributed by atoms with Crippen molar-refractivity contribution in [2.45, 2.75) is 102 Å². The summed E-state index contributed by atoms with van der Waals surface area (Å²) in [5.74, 6) is -7.50. The molecule has 24 heteroatoms. The molecule has 9 atom stereocenters. The van der Waals surface area contributed by atoms with Gasteiger partial charge in [0.2, 0.25) is 43.7 Å². The largest absolute Gasteiger partial charge is 0.493 e. The van der Waals surface area contributed by atoms with Crippen molar-refractivity contribution in [3.05, 3.63) is 59.7 Å². The minimum Gasteiger partial charge on any atom is -0.493 e. The molecule has 18 nitrogen and oxygen atoms in total. The summed E-state index contributed by atoms with van der Waals surface area (Å²) in [4.78, 5) is 59.3. The van der Waals surface area contributed by atoms with Crippen molar-refractivity contribution in [3.8, 4) is 11.5 Å². The van der Waals surface area contributed by atoms with E-state index in [0.29, 0.717) is 12.8 Å². The van der Waals surface area contributed by atoms with Gasteiger partial charge >= 0.3 is 0 Å². The van der Waals surface area contributed by atoms with Gasteiger partial charge in [-0.25, -0.2) is 34.4 Å². The normalized spacial score (nSPS) is 22.7. The highest BCUT2D eigenvalue weighted by molar-refractivity contribution is 7.88. The SMILES string of the molecule is CCCN(C(=O)C(CCCCC(NC(=O)C(C)NC)C(=O)N1CCC2C1C(COc1ccc(F)c(F)c1)CN2S(C)(=O)=O)NC(=O)C(C)NC)C1CN(S(C)(=O)=O)CC1COc1ccc(F)c(F)c1. The van der Waals surface area contributed by atoms with Crippen molar-refractivity contribution in [2.24, 2.45) is 11.8 Å². The van der Waals surface area contributed by atoms with Crippen LogP contribution in [0.5, 0.6) is 11.5 Å². The lowest BCUT2D eigenvalue weighted by Crippen LogP contribution is -2.56. The molecule has 9 unspecified atom stereocenters. The van der Waals surface area contributed by atoms with Gasteiger partial charge in [-0.1, -0.05) is 19.8 Å². The zero-order valence-corrected chi connectivity index (χ0v) is 41.7. The van der Waals surface area contributed by atoms with E-state index < -0.39 is 121 Å². The van der Waals surface area contributed by atoms with Gasteiger partial charge in [-0.3, -0.25) is 19.2 Å². The Bertz CT molecular complexity index is 2370. The maximum absolute atomic E-state index is 14.8. The van der Waals surface area contributed by atoms with Crippen LogP contribution in [-0.2, 0) is 39.2 Å². The summed E-state index contributed by atoms with van der Waals surface area (Å²) in [7, 11) is -4.35. The Balaban J connectivity index is 1.36. The molecule has 4 N–H and O–H groups in total. The van der Waals surface area contributed by atoms with Gasteiger partial charge < -0.3 is 40.5 Å². The number of fused-ring (bicyclic) bond motifs is 1. The van der Waals surface area contributed by atoms with E-state index in [-0.39, 0.29) is 83.1 Å². The lowest BCUT2D eigenvalue weighted by atomic mass is 9.98. The van der Waals surface area contributed by atoms with E-state index >= 15 is 0 Å². The molecule has 3 aliphatic heterocycles. The maximum atomic E-state index is 14.8. The van der Waals surface area contributed by atoms with Gasteiger partial charge in [0, 0.05) is 62.7 Å². The zero-order valence-electron chi connectivity index (χ0n) is 40.1. The monoisotopic (exact) mass is 1020 g/mol. The highest BCUT2D eigenvalue weighted by Gasteiger charge is 2.54. The van der Waals surface area contributed by atoms with Crippen LogP contribution in [0, 0.1) is 35.1 Å². The molecular weight excluding hydrogens is 953 g/mol. The van der Waals surface area contributed by atoms with Crippen LogP contribution in [0.15, 0.2) is 36.4 Å². The Morgan fingerprint density at radius 3 is 1.75 bits per heavy atom. The summed E-state index contributed by atoms with van der Waals surface area (Å²) in [5.41, 5.74) is 0. The number of amides is 4. The molecule has 69 heavy (non-hydrogen) atoms. The fourth-order valence-corrected chi connectivity index (χ4v) is 11.3. The van der Waals surface area contributed by atoms with Crippen LogP contribution in [0.1, 0.15) is 59.3 Å². The molecule has 3 saturated heterocycles. The van der Waals surface area contributed by atoms with E-state index in [4.69, 9.17) is 9.47 Å². The lowest BCUT2D eigenvalue weighted by Gasteiger charge is -2.35. The van der Waals surface area contributed by atoms with Gasteiger partial charge in [0.05, 0.1) is 49.9 Å². The Hall–Kier alpha value is -4.62. The van der Waals surface area contributed by atoms with Crippen molar-refractivity contribution in [1.82, 2.24) is 39.7 Å². The van der Waals surface area contributed by atoms with Gasteiger partial charge in [0.25, 0.3) is 0 Å². The van der Waals surface area contributed by atoms with Crippen molar-refractivity contribution < 1.29 is 63.0 Å². The fourth-order valence-electron chi connectivity index (χ4n) is 9.24. The Kier molecular flexibility index (Phi) is 19.2. The second-order valence-corrected chi connectivity index (χ2v) is 22.0. The van der Waals surface area contributed by atoms with Crippen LogP contribution >= 0.6 is 0 Å². The molecule has 2 aromatic rings. The van der Waals surface area contributed by atoms with Crippen LogP contribution < -0.4 is 30.7 Å². The lowest BCUT2D eigenvalue weighted by molar-refractivity contribution is -0.140. The number of carbonyl (C=O) groups is 4. The van der Waals surface area contributed by atoms with E-state index in [1.165, 1.54) is 25.6 Å². The molecule has 0 aromatic heterocycles. The number of sulfonamides is 2. The molecule has 4 amide bonds. The topological polar surface area (TPSA) is 216 Å². The molecule has 5 rings (SSSR count). The van der Waals surface area contributed by atoms with Crippen molar-refractivity contribution in [1.29, 1.82) is 0 Å². The smallest absolute Gasteiger partial charge is 0.245 e. The summed E-state index contributed by atoms with van der Waals surface area (Å²) in [6.07, 6.45) is 3.53. The summed E-state index contributed by atoms with van der Waals surface area (Å²) < 4.78 is 121. The van der Waals surface area contributed by atoms with E-state index in [1.807, 2.05) is 6.92 Å². The number of unbranched alkanes of at least 4 members (excludes halogenated alkanes) is 1. The Labute approximate surface area is 402 Å². The average Bonchev–Trinajstić information content (AvgIpc) is 4.03. The third kappa shape index (κ3) is 14.0. The second-order valence-electron chi connectivity index (χ2n) is 18.1. The quantitative estimate of drug-likeness (QED) is 0.0876. The number of halogens is 4. The molecule has 3 fully saturated rings. The number of nitrogens with one attached hydrogen (secondary N) is 4. The molecular formula is C45H66F4N8O10S2. The van der Waals surface area contributed by atoms with E-state index in [2.05, 4.69) is 21.3 Å². The molecule has 386 valence electrons. The number of hydrogen-bond donors (Lipinski definition) is 4. The molecule has 3 aliphatic rings. The first-order valence-corrected chi connectivity index (χ1v) is 26.8. The number of benzene rings is 2. The maximum Gasteiger partial charge on any atom is 0.245 e. The fraction of sp³-hybridized carbons (Fsp3) is 0.644. The number of ether oxygens (including phenoxy) is 2. The van der Waals surface area contributed by atoms with Gasteiger partial charge in [-0.15, -0.1) is 0 Å². The number of likely N-dealkylation sites (N-methyl/N-ethyl adjacent to an activating group) is 2. The number of hydrogen-bond acceptors (Lipinski definition) is 12. The van der Waals surface area contributed by atoms with Gasteiger partial charge in [0.15, 0.2) is 23.3 Å². The third-order valence-corrected chi connectivity index (χ3v) is 15.7. The van der Waals surface area contributed by atoms with E-state index in [9.17, 15) is 53.6 Å². The Morgan fingerprint density at radius 2 is 1.26 bits per heavy atom. The van der Waals surface area contributed by atoms with Crippen molar-refractivity contribution in [2.75, 3.05) is 72.5 Å². The molecule has 3 heterocycles. The van der Waals surface area contributed by atoms with Crippen LogP contribution in [0.4, 0.5) is 17.6 Å². The first-order valence-electron chi connectivity index (χ1n) is 23.1. The predicted octanol–water partition coefficient (Wildman–Crippen LogP) is 1.81. The average molecular weight is 1020 g/mol. The molecule has 0 aliphatic carbocycles. The first kappa shape index (κ1) is 55.3. The molecule has 0 spiro atoms. The van der Waals surface area contributed by atoms with Crippen LogP contribution in [0.25, 0.3) is 0 Å². The molecule has 0 radical (unpaired) electrons. The van der Waals surface area contributed by atoms with E-state index in [1.54, 1.807) is 32.8 Å². The second kappa shape index (κ2) is 24.0. The summed E-state index contributed by atoms with van der Waals surface area (Å²) in [6, 6.07) is 0.371. The number of rotatable bonds is 24. The molecule has 2 aromatic carbocycles. The minimum absolute atomic E-state index is 0.00700. The van der Waals surface area contributed by atoms with Gasteiger partial charge in [0.1, 0.15) is 23.6 Å². The van der Waals surface area contributed by atoms with Gasteiger partial charge in [-0.05, 0) is 77.9 Å². The van der Waals surface area contributed by atoms with Crippen LogP contribution in [-0.4, -0.2) is 174 Å². The van der Waals surface area contributed by atoms with Gasteiger partial charge in [-0.2, -0.15) is 8.61 Å². The number of carbonyl (C=O) groups excluding carboxylic acids is 4. The summed E-state index contributed by atoms with van der Waals surface area (Å²) in [6.45, 7) is 4.98. The zero-order chi connectivity index (χ0) is 51.0. The van der Waals surface area contributed by atoms with Crippen molar-refractivity contribution in [3.63, 3.8) is 0 Å². The number of nitrogens with zero attached hydrogens (tertiary/aromatic N) is 4. The van der Waals surface area contributed by atoms with E-state index in [0.717, 1.165) is 36.8 Å². The van der Waals surface area contributed by atoms with Crippen LogP contribution in [0.3, 0.4) is 0 Å². The minimum atomic E-state index is -3.75.